The van der Waals surface area contributed by atoms with E-state index >= 15 is 0 Å². The van der Waals surface area contributed by atoms with Gasteiger partial charge in [-0.05, 0) is 85.5 Å². The SMILES string of the molecule is CCCOc1ccc(C(=O)NC(C)(CC)c2ccccc2)cc1-c1ccc2oc(-c3ccc(F)cc3)c(C(=O)NC)c2c1. The molecule has 0 aliphatic rings. The van der Waals surface area contributed by atoms with Crippen molar-refractivity contribution in [3.63, 3.8) is 0 Å². The molecule has 1 aromatic heterocycles. The van der Waals surface area contributed by atoms with Gasteiger partial charge in [0.25, 0.3) is 11.8 Å². The minimum Gasteiger partial charge on any atom is -0.493 e. The second kappa shape index (κ2) is 12.5. The van der Waals surface area contributed by atoms with Gasteiger partial charge in [0.2, 0.25) is 0 Å². The summed E-state index contributed by atoms with van der Waals surface area (Å²) in [6.45, 7) is 6.60. The topological polar surface area (TPSA) is 80.6 Å². The van der Waals surface area contributed by atoms with Gasteiger partial charge in [-0.1, -0.05) is 50.2 Å². The van der Waals surface area contributed by atoms with Gasteiger partial charge in [-0.3, -0.25) is 9.59 Å². The van der Waals surface area contributed by atoms with Gasteiger partial charge >= 0.3 is 0 Å². The number of halogens is 1. The van der Waals surface area contributed by atoms with Gasteiger partial charge in [0, 0.05) is 29.1 Å². The summed E-state index contributed by atoms with van der Waals surface area (Å²) in [5.74, 6) is 0.0657. The number of hydrogen-bond acceptors (Lipinski definition) is 4. The Morgan fingerprint density at radius 3 is 2.28 bits per heavy atom. The molecule has 43 heavy (non-hydrogen) atoms. The molecule has 5 aromatic rings. The fraction of sp³-hybridized carbons (Fsp3) is 0.222. The van der Waals surface area contributed by atoms with Crippen LogP contribution in [-0.2, 0) is 5.54 Å². The Kier molecular flexibility index (Phi) is 8.62. The van der Waals surface area contributed by atoms with Crippen molar-refractivity contribution in [1.29, 1.82) is 0 Å². The lowest BCUT2D eigenvalue weighted by Gasteiger charge is -2.30. The molecule has 220 valence electrons. The van der Waals surface area contributed by atoms with E-state index in [1.54, 1.807) is 31.3 Å². The molecule has 4 aromatic carbocycles. The summed E-state index contributed by atoms with van der Waals surface area (Å²) in [6, 6.07) is 26.7. The summed E-state index contributed by atoms with van der Waals surface area (Å²) in [5.41, 5.74) is 3.87. The summed E-state index contributed by atoms with van der Waals surface area (Å²) >= 11 is 0. The second-order valence-electron chi connectivity index (χ2n) is 10.7. The van der Waals surface area contributed by atoms with Crippen LogP contribution in [-0.4, -0.2) is 25.5 Å². The van der Waals surface area contributed by atoms with Gasteiger partial charge in [-0.25, -0.2) is 4.39 Å². The largest absolute Gasteiger partial charge is 0.493 e. The van der Waals surface area contributed by atoms with E-state index in [1.165, 1.54) is 12.1 Å². The smallest absolute Gasteiger partial charge is 0.255 e. The van der Waals surface area contributed by atoms with Crippen LogP contribution in [0.3, 0.4) is 0 Å². The first-order valence-corrected chi connectivity index (χ1v) is 14.5. The van der Waals surface area contributed by atoms with Gasteiger partial charge < -0.3 is 19.8 Å². The van der Waals surface area contributed by atoms with Crippen LogP contribution in [0.4, 0.5) is 4.39 Å². The Hall–Kier alpha value is -4.91. The first-order valence-electron chi connectivity index (χ1n) is 14.5. The van der Waals surface area contributed by atoms with Crippen LogP contribution in [0.5, 0.6) is 5.75 Å². The standard InChI is InChI=1S/C36H35FN2O4/c1-5-20-42-30-18-15-25(34(40)39-36(3,6-2)26-10-8-7-9-11-26)22-28(30)24-14-19-31-29(21-24)32(35(41)38-4)33(43-31)23-12-16-27(37)17-13-23/h7-19,21-22H,5-6,20H2,1-4H3,(H,38,41)(H,39,40). The Morgan fingerprint density at radius 2 is 1.60 bits per heavy atom. The molecule has 2 N–H and O–H groups in total. The van der Waals surface area contributed by atoms with Crippen molar-refractivity contribution >= 4 is 22.8 Å². The van der Waals surface area contributed by atoms with E-state index in [0.717, 1.165) is 17.5 Å². The van der Waals surface area contributed by atoms with Crippen molar-refractivity contribution in [3.05, 3.63) is 114 Å². The van der Waals surface area contributed by atoms with Crippen LogP contribution in [0.1, 0.15) is 59.9 Å². The van der Waals surface area contributed by atoms with Gasteiger partial charge in [0.05, 0.1) is 17.7 Å². The molecule has 2 amide bonds. The third-order valence-corrected chi connectivity index (χ3v) is 7.77. The molecule has 0 bridgehead atoms. The normalized spacial score (nSPS) is 12.5. The van der Waals surface area contributed by atoms with Crippen LogP contribution in [0, 0.1) is 5.82 Å². The van der Waals surface area contributed by atoms with Gasteiger partial charge in [0.1, 0.15) is 22.9 Å². The first-order chi connectivity index (χ1) is 20.8. The number of ether oxygens (including phenoxy) is 1. The number of benzene rings is 4. The minimum atomic E-state index is -0.551. The van der Waals surface area contributed by atoms with Crippen molar-refractivity contribution in [1.82, 2.24) is 10.6 Å². The molecule has 1 atom stereocenters. The number of hydrogen-bond donors (Lipinski definition) is 2. The average molecular weight is 579 g/mol. The molecule has 0 saturated heterocycles. The van der Waals surface area contributed by atoms with Crippen LogP contribution < -0.4 is 15.4 Å². The summed E-state index contributed by atoms with van der Waals surface area (Å²) in [4.78, 5) is 26.7. The van der Waals surface area contributed by atoms with Gasteiger partial charge in [-0.2, -0.15) is 0 Å². The molecule has 5 rings (SSSR count). The number of nitrogens with one attached hydrogen (secondary N) is 2. The van der Waals surface area contributed by atoms with E-state index in [4.69, 9.17) is 9.15 Å². The molecule has 0 radical (unpaired) electrons. The molecule has 0 aliphatic heterocycles. The number of carbonyl (C=O) groups excluding carboxylic acids is 2. The maximum absolute atomic E-state index is 13.6. The lowest BCUT2D eigenvalue weighted by molar-refractivity contribution is 0.0901. The van der Waals surface area contributed by atoms with Crippen LogP contribution in [0.15, 0.2) is 95.4 Å². The zero-order valence-corrected chi connectivity index (χ0v) is 24.8. The molecule has 0 spiro atoms. The highest BCUT2D eigenvalue weighted by atomic mass is 19.1. The molecule has 0 aliphatic carbocycles. The number of amides is 2. The molecule has 0 fully saturated rings. The number of fused-ring (bicyclic) bond motifs is 1. The second-order valence-corrected chi connectivity index (χ2v) is 10.7. The van der Waals surface area contributed by atoms with Crippen molar-refractivity contribution < 1.29 is 23.1 Å². The Bertz CT molecular complexity index is 1760. The summed E-state index contributed by atoms with van der Waals surface area (Å²) < 4.78 is 25.9. The van der Waals surface area contributed by atoms with E-state index in [1.807, 2.05) is 75.4 Å². The van der Waals surface area contributed by atoms with Gasteiger partial charge in [-0.15, -0.1) is 0 Å². The van der Waals surface area contributed by atoms with Crippen molar-refractivity contribution in [3.8, 4) is 28.2 Å². The Balaban J connectivity index is 1.60. The van der Waals surface area contributed by atoms with E-state index < -0.39 is 5.54 Å². The van der Waals surface area contributed by atoms with Crippen LogP contribution in [0.2, 0.25) is 0 Å². The monoisotopic (exact) mass is 578 g/mol. The number of carbonyl (C=O) groups is 2. The lowest BCUT2D eigenvalue weighted by atomic mass is 9.89. The molecule has 6 nitrogen and oxygen atoms in total. The van der Waals surface area contributed by atoms with Crippen LogP contribution >= 0.6 is 0 Å². The number of furan rings is 1. The highest BCUT2D eigenvalue weighted by Gasteiger charge is 2.28. The predicted molar refractivity (Wildman–Crippen MR) is 168 cm³/mol. The van der Waals surface area contributed by atoms with E-state index in [0.29, 0.717) is 57.8 Å². The third kappa shape index (κ3) is 6.02. The van der Waals surface area contributed by atoms with E-state index in [-0.39, 0.29) is 17.6 Å². The molecule has 1 unspecified atom stereocenters. The molecule has 0 saturated carbocycles. The lowest BCUT2D eigenvalue weighted by Crippen LogP contribution is -2.43. The molecule has 1 heterocycles. The third-order valence-electron chi connectivity index (χ3n) is 7.77. The minimum absolute atomic E-state index is 0.203. The maximum Gasteiger partial charge on any atom is 0.255 e. The maximum atomic E-state index is 13.6. The van der Waals surface area contributed by atoms with Crippen molar-refractivity contribution in [2.45, 2.75) is 39.2 Å². The summed E-state index contributed by atoms with van der Waals surface area (Å²) in [6.07, 6.45) is 1.53. The first kappa shape index (κ1) is 29.6. The predicted octanol–water partition coefficient (Wildman–Crippen LogP) is 8.11. The number of rotatable bonds is 10. The zero-order valence-electron chi connectivity index (χ0n) is 24.8. The Morgan fingerprint density at radius 1 is 0.884 bits per heavy atom. The fourth-order valence-corrected chi connectivity index (χ4v) is 5.15. The molecule has 7 heteroatoms. The highest BCUT2D eigenvalue weighted by molar-refractivity contribution is 6.12. The van der Waals surface area contributed by atoms with E-state index in [2.05, 4.69) is 10.6 Å². The fourth-order valence-electron chi connectivity index (χ4n) is 5.15. The summed E-state index contributed by atoms with van der Waals surface area (Å²) in [7, 11) is 1.55. The van der Waals surface area contributed by atoms with E-state index in [9.17, 15) is 14.0 Å². The summed E-state index contributed by atoms with van der Waals surface area (Å²) in [5, 5.41) is 6.52. The quantitative estimate of drug-likeness (QED) is 0.175. The Labute approximate surface area is 250 Å². The van der Waals surface area contributed by atoms with Crippen molar-refractivity contribution in [2.75, 3.05) is 13.7 Å². The molecular weight excluding hydrogens is 543 g/mol. The molecular formula is C36H35FN2O4. The van der Waals surface area contributed by atoms with Crippen LogP contribution in [0.25, 0.3) is 33.4 Å². The van der Waals surface area contributed by atoms with Crippen molar-refractivity contribution in [2.24, 2.45) is 0 Å². The average Bonchev–Trinajstić information content (AvgIpc) is 3.42. The highest BCUT2D eigenvalue weighted by Crippen LogP contribution is 2.39. The van der Waals surface area contributed by atoms with Gasteiger partial charge in [0.15, 0.2) is 0 Å². The zero-order chi connectivity index (χ0) is 30.6.